The number of hydrogen-bond acceptors (Lipinski definition) is 4. The molecule has 138 valence electrons. The molecule has 0 radical (unpaired) electrons. The van der Waals surface area contributed by atoms with Gasteiger partial charge in [-0.2, -0.15) is 0 Å². The lowest BCUT2D eigenvalue weighted by molar-refractivity contribution is -0.142. The van der Waals surface area contributed by atoms with Gasteiger partial charge in [0.15, 0.2) is 11.5 Å². The summed E-state index contributed by atoms with van der Waals surface area (Å²) in [5.41, 5.74) is 0.450. The number of nitrogens with one attached hydrogen (secondary N) is 1. The second-order valence-corrected chi connectivity index (χ2v) is 6.31. The fourth-order valence-electron chi connectivity index (χ4n) is 2.99. The van der Waals surface area contributed by atoms with Crippen LogP contribution in [0.2, 0.25) is 0 Å². The van der Waals surface area contributed by atoms with Crippen molar-refractivity contribution in [2.45, 2.75) is 52.0 Å². The zero-order chi connectivity index (χ0) is 18.2. The van der Waals surface area contributed by atoms with Gasteiger partial charge in [0.25, 0.3) is 5.91 Å². The topological polar surface area (TPSA) is 84.9 Å². The SMILES string of the molecule is CCCOc1ccc(C(=O)N[C@@H]2CCC[C@@H]2C(=O)O)cc1OCCC. The predicted molar refractivity (Wildman–Crippen MR) is 94.2 cm³/mol. The van der Waals surface area contributed by atoms with E-state index in [0.29, 0.717) is 43.1 Å². The minimum absolute atomic E-state index is 0.276. The number of amides is 1. The molecule has 1 amide bonds. The first kappa shape index (κ1) is 19.1. The normalized spacial score (nSPS) is 19.4. The van der Waals surface area contributed by atoms with Crippen molar-refractivity contribution in [1.82, 2.24) is 5.32 Å². The summed E-state index contributed by atoms with van der Waals surface area (Å²) < 4.78 is 11.4. The fraction of sp³-hybridized carbons (Fsp3) is 0.579. The number of carboxylic acid groups (broad SMARTS) is 1. The molecule has 0 saturated heterocycles. The molecule has 1 aromatic carbocycles. The highest BCUT2D eigenvalue weighted by Crippen LogP contribution is 2.30. The van der Waals surface area contributed by atoms with Crippen LogP contribution in [0.15, 0.2) is 18.2 Å². The Labute approximate surface area is 148 Å². The van der Waals surface area contributed by atoms with E-state index in [1.165, 1.54) is 0 Å². The van der Waals surface area contributed by atoms with Crippen molar-refractivity contribution in [2.24, 2.45) is 5.92 Å². The van der Waals surface area contributed by atoms with Crippen molar-refractivity contribution >= 4 is 11.9 Å². The Kier molecular flexibility index (Phi) is 7.10. The maximum absolute atomic E-state index is 12.5. The summed E-state index contributed by atoms with van der Waals surface area (Å²) in [6.07, 6.45) is 3.85. The first-order chi connectivity index (χ1) is 12.1. The fourth-order valence-corrected chi connectivity index (χ4v) is 2.99. The quantitative estimate of drug-likeness (QED) is 0.715. The second-order valence-electron chi connectivity index (χ2n) is 6.31. The zero-order valence-electron chi connectivity index (χ0n) is 14.9. The van der Waals surface area contributed by atoms with E-state index in [9.17, 15) is 14.7 Å². The molecular weight excluding hydrogens is 322 g/mol. The molecule has 1 fully saturated rings. The van der Waals surface area contributed by atoms with Crippen molar-refractivity contribution in [2.75, 3.05) is 13.2 Å². The van der Waals surface area contributed by atoms with Gasteiger partial charge >= 0.3 is 5.97 Å². The van der Waals surface area contributed by atoms with Crippen LogP contribution in [-0.2, 0) is 4.79 Å². The van der Waals surface area contributed by atoms with E-state index in [1.54, 1.807) is 18.2 Å². The monoisotopic (exact) mass is 349 g/mol. The van der Waals surface area contributed by atoms with Crippen molar-refractivity contribution in [3.8, 4) is 11.5 Å². The average molecular weight is 349 g/mol. The summed E-state index contributed by atoms with van der Waals surface area (Å²) in [5.74, 6) is -0.466. The molecule has 0 aliphatic heterocycles. The second kappa shape index (κ2) is 9.30. The molecule has 0 aromatic heterocycles. The van der Waals surface area contributed by atoms with Crippen molar-refractivity contribution < 1.29 is 24.2 Å². The molecule has 0 unspecified atom stereocenters. The highest BCUT2D eigenvalue weighted by Gasteiger charge is 2.34. The van der Waals surface area contributed by atoms with Crippen LogP contribution in [0.25, 0.3) is 0 Å². The molecule has 1 aliphatic carbocycles. The van der Waals surface area contributed by atoms with Crippen LogP contribution in [0.5, 0.6) is 11.5 Å². The van der Waals surface area contributed by atoms with E-state index in [0.717, 1.165) is 19.3 Å². The lowest BCUT2D eigenvalue weighted by atomic mass is 10.0. The first-order valence-corrected chi connectivity index (χ1v) is 9.00. The Morgan fingerprint density at radius 2 is 1.80 bits per heavy atom. The van der Waals surface area contributed by atoms with E-state index < -0.39 is 11.9 Å². The molecule has 0 spiro atoms. The molecule has 2 atom stereocenters. The van der Waals surface area contributed by atoms with Crippen molar-refractivity contribution in [1.29, 1.82) is 0 Å². The van der Waals surface area contributed by atoms with Gasteiger partial charge in [-0.3, -0.25) is 9.59 Å². The summed E-state index contributed by atoms with van der Waals surface area (Å²) in [7, 11) is 0. The summed E-state index contributed by atoms with van der Waals surface area (Å²) in [6.45, 7) is 5.15. The van der Waals surface area contributed by atoms with Gasteiger partial charge in [-0.05, 0) is 43.9 Å². The molecule has 0 bridgehead atoms. The van der Waals surface area contributed by atoms with Crippen LogP contribution in [0, 0.1) is 5.92 Å². The van der Waals surface area contributed by atoms with E-state index in [4.69, 9.17) is 9.47 Å². The number of carboxylic acids is 1. The van der Waals surface area contributed by atoms with Gasteiger partial charge in [0.2, 0.25) is 0 Å². The average Bonchev–Trinajstić information content (AvgIpc) is 3.06. The third-order valence-corrected chi connectivity index (χ3v) is 4.28. The van der Waals surface area contributed by atoms with Crippen LogP contribution < -0.4 is 14.8 Å². The maximum Gasteiger partial charge on any atom is 0.308 e. The number of benzene rings is 1. The number of ether oxygens (including phenoxy) is 2. The minimum Gasteiger partial charge on any atom is -0.490 e. The van der Waals surface area contributed by atoms with E-state index in [-0.39, 0.29) is 11.9 Å². The highest BCUT2D eigenvalue weighted by atomic mass is 16.5. The molecule has 2 rings (SSSR count). The molecule has 0 heterocycles. The molecule has 6 heteroatoms. The van der Waals surface area contributed by atoms with Gasteiger partial charge in [0, 0.05) is 11.6 Å². The standard InChI is InChI=1S/C19H27NO5/c1-3-10-24-16-9-8-13(12-17(16)25-11-4-2)18(21)20-15-7-5-6-14(15)19(22)23/h8-9,12,14-15H,3-7,10-11H2,1-2H3,(H,20,21)(H,22,23)/t14-,15+/m0/s1. The smallest absolute Gasteiger partial charge is 0.308 e. The highest BCUT2D eigenvalue weighted by molar-refractivity contribution is 5.95. The lowest BCUT2D eigenvalue weighted by Gasteiger charge is -2.18. The van der Waals surface area contributed by atoms with Crippen LogP contribution in [0.3, 0.4) is 0 Å². The number of carbonyl (C=O) groups is 2. The van der Waals surface area contributed by atoms with Crippen molar-refractivity contribution in [3.63, 3.8) is 0 Å². The summed E-state index contributed by atoms with van der Waals surface area (Å²) in [5, 5.41) is 12.1. The molecule has 2 N–H and O–H groups in total. The molecule has 25 heavy (non-hydrogen) atoms. The Morgan fingerprint density at radius 3 is 2.44 bits per heavy atom. The number of rotatable bonds is 9. The van der Waals surface area contributed by atoms with Crippen molar-refractivity contribution in [3.05, 3.63) is 23.8 Å². The van der Waals surface area contributed by atoms with Gasteiger partial charge in [0.1, 0.15) is 0 Å². The van der Waals surface area contributed by atoms with Crippen LogP contribution in [0.4, 0.5) is 0 Å². The predicted octanol–water partition coefficient (Wildman–Crippen LogP) is 3.25. The summed E-state index contributed by atoms with van der Waals surface area (Å²) in [4.78, 5) is 23.8. The zero-order valence-corrected chi connectivity index (χ0v) is 14.9. The molecule has 1 aromatic rings. The largest absolute Gasteiger partial charge is 0.490 e. The Morgan fingerprint density at radius 1 is 1.12 bits per heavy atom. The van der Waals surface area contributed by atoms with E-state index in [2.05, 4.69) is 5.32 Å². The Balaban J connectivity index is 2.11. The van der Waals surface area contributed by atoms with E-state index >= 15 is 0 Å². The molecule has 6 nitrogen and oxygen atoms in total. The van der Waals surface area contributed by atoms with E-state index in [1.807, 2.05) is 13.8 Å². The van der Waals surface area contributed by atoms with Gasteiger partial charge in [-0.25, -0.2) is 0 Å². The third kappa shape index (κ3) is 5.11. The summed E-state index contributed by atoms with van der Waals surface area (Å²) >= 11 is 0. The maximum atomic E-state index is 12.5. The molecular formula is C19H27NO5. The Hall–Kier alpha value is -2.24. The van der Waals surface area contributed by atoms with Gasteiger partial charge < -0.3 is 19.9 Å². The molecule has 1 saturated carbocycles. The first-order valence-electron chi connectivity index (χ1n) is 9.00. The van der Waals surface area contributed by atoms with Crippen LogP contribution in [0.1, 0.15) is 56.3 Å². The van der Waals surface area contributed by atoms with Gasteiger partial charge in [0.05, 0.1) is 19.1 Å². The minimum atomic E-state index is -0.849. The number of aliphatic carboxylic acids is 1. The Bertz CT molecular complexity index is 601. The van der Waals surface area contributed by atoms with Gasteiger partial charge in [-0.15, -0.1) is 0 Å². The van der Waals surface area contributed by atoms with Crippen LogP contribution >= 0.6 is 0 Å². The lowest BCUT2D eigenvalue weighted by Crippen LogP contribution is -2.40. The number of hydrogen-bond donors (Lipinski definition) is 2. The summed E-state index contributed by atoms with van der Waals surface area (Å²) in [6, 6.07) is 4.77. The van der Waals surface area contributed by atoms with Gasteiger partial charge in [-0.1, -0.05) is 20.3 Å². The molecule has 1 aliphatic rings. The van der Waals surface area contributed by atoms with Crippen LogP contribution in [-0.4, -0.2) is 36.2 Å². The third-order valence-electron chi connectivity index (χ3n) is 4.28. The number of carbonyl (C=O) groups excluding carboxylic acids is 1.